The number of likely N-dealkylation sites (tertiary alicyclic amines) is 1. The minimum atomic E-state index is -0.773. The standard InChI is InChI=1S/C10H19NO4/c1-8(10(13)14)11-4-2-9(3-5-11)15-7-6-12/h8-9,12H,2-7H2,1H3,(H,13,14). The van der Waals surface area contributed by atoms with Crippen molar-refractivity contribution in [2.75, 3.05) is 26.3 Å². The summed E-state index contributed by atoms with van der Waals surface area (Å²) in [4.78, 5) is 12.7. The number of piperidine rings is 1. The maximum absolute atomic E-state index is 10.7. The topological polar surface area (TPSA) is 70.0 Å². The summed E-state index contributed by atoms with van der Waals surface area (Å²) in [6, 6.07) is -0.413. The molecule has 2 N–H and O–H groups in total. The lowest BCUT2D eigenvalue weighted by atomic mass is 10.1. The van der Waals surface area contributed by atoms with Crippen molar-refractivity contribution in [1.29, 1.82) is 0 Å². The Morgan fingerprint density at radius 3 is 2.60 bits per heavy atom. The van der Waals surface area contributed by atoms with Crippen LogP contribution in [0.3, 0.4) is 0 Å². The molecule has 0 aromatic rings. The molecule has 0 radical (unpaired) electrons. The highest BCUT2D eigenvalue weighted by molar-refractivity contribution is 5.72. The minimum absolute atomic E-state index is 0.0474. The first kappa shape index (κ1) is 12.4. The average molecular weight is 217 g/mol. The highest BCUT2D eigenvalue weighted by atomic mass is 16.5. The molecule has 1 unspecified atom stereocenters. The van der Waals surface area contributed by atoms with Crippen LogP contribution >= 0.6 is 0 Å². The van der Waals surface area contributed by atoms with Crippen molar-refractivity contribution < 1.29 is 19.7 Å². The molecule has 0 aliphatic carbocycles. The van der Waals surface area contributed by atoms with E-state index >= 15 is 0 Å². The van der Waals surface area contributed by atoms with E-state index in [1.165, 1.54) is 0 Å². The van der Waals surface area contributed by atoms with Crippen LogP contribution < -0.4 is 0 Å². The summed E-state index contributed by atoms with van der Waals surface area (Å²) in [7, 11) is 0. The molecule has 1 rings (SSSR count). The van der Waals surface area contributed by atoms with Gasteiger partial charge < -0.3 is 14.9 Å². The molecule has 88 valence electrons. The summed E-state index contributed by atoms with van der Waals surface area (Å²) in [6.07, 6.45) is 1.87. The van der Waals surface area contributed by atoms with Crippen molar-refractivity contribution in [3.63, 3.8) is 0 Å². The zero-order chi connectivity index (χ0) is 11.3. The van der Waals surface area contributed by atoms with Gasteiger partial charge in [-0.2, -0.15) is 0 Å². The van der Waals surface area contributed by atoms with Gasteiger partial charge in [0, 0.05) is 13.1 Å². The lowest BCUT2D eigenvalue weighted by molar-refractivity contribution is -0.143. The van der Waals surface area contributed by atoms with Gasteiger partial charge in [0.15, 0.2) is 0 Å². The van der Waals surface area contributed by atoms with Crippen molar-refractivity contribution in [2.24, 2.45) is 0 Å². The third-order valence-corrected chi connectivity index (χ3v) is 2.83. The number of carboxylic acids is 1. The predicted octanol–water partition coefficient (Wildman–Crippen LogP) is -0.0672. The van der Waals surface area contributed by atoms with Crippen molar-refractivity contribution in [3.05, 3.63) is 0 Å². The van der Waals surface area contributed by atoms with E-state index < -0.39 is 12.0 Å². The fourth-order valence-corrected chi connectivity index (χ4v) is 1.81. The van der Waals surface area contributed by atoms with E-state index in [0.717, 1.165) is 25.9 Å². The van der Waals surface area contributed by atoms with Crippen molar-refractivity contribution in [1.82, 2.24) is 4.90 Å². The predicted molar refractivity (Wildman–Crippen MR) is 54.7 cm³/mol. The molecule has 1 aliphatic rings. The number of hydrogen-bond donors (Lipinski definition) is 2. The second-order valence-electron chi connectivity index (χ2n) is 3.84. The third-order valence-electron chi connectivity index (χ3n) is 2.83. The van der Waals surface area contributed by atoms with Crippen LogP contribution in [0.2, 0.25) is 0 Å². The van der Waals surface area contributed by atoms with Gasteiger partial charge >= 0.3 is 5.97 Å². The van der Waals surface area contributed by atoms with Gasteiger partial charge in [0.1, 0.15) is 6.04 Å². The largest absolute Gasteiger partial charge is 0.480 e. The fourth-order valence-electron chi connectivity index (χ4n) is 1.81. The molecule has 5 nitrogen and oxygen atoms in total. The minimum Gasteiger partial charge on any atom is -0.480 e. The maximum atomic E-state index is 10.7. The Balaban J connectivity index is 2.26. The summed E-state index contributed by atoms with van der Waals surface area (Å²) in [5.74, 6) is -0.773. The van der Waals surface area contributed by atoms with Gasteiger partial charge in [-0.25, -0.2) is 0 Å². The molecule has 0 bridgehead atoms. The average Bonchev–Trinajstić information content (AvgIpc) is 2.26. The molecule has 1 heterocycles. The zero-order valence-corrected chi connectivity index (χ0v) is 9.06. The van der Waals surface area contributed by atoms with Crippen LogP contribution in [0.25, 0.3) is 0 Å². The first-order valence-electron chi connectivity index (χ1n) is 5.34. The number of aliphatic carboxylic acids is 1. The molecule has 1 atom stereocenters. The second kappa shape index (κ2) is 6.05. The fraction of sp³-hybridized carbons (Fsp3) is 0.900. The van der Waals surface area contributed by atoms with Gasteiger partial charge in [-0.05, 0) is 19.8 Å². The Morgan fingerprint density at radius 2 is 2.13 bits per heavy atom. The number of rotatable bonds is 5. The summed E-state index contributed by atoms with van der Waals surface area (Å²) in [6.45, 7) is 3.63. The summed E-state index contributed by atoms with van der Waals surface area (Å²) < 4.78 is 5.40. The summed E-state index contributed by atoms with van der Waals surface area (Å²) in [5.41, 5.74) is 0. The number of carbonyl (C=O) groups is 1. The van der Waals surface area contributed by atoms with E-state index in [1.54, 1.807) is 6.92 Å². The monoisotopic (exact) mass is 217 g/mol. The van der Waals surface area contributed by atoms with Crippen LogP contribution in [-0.2, 0) is 9.53 Å². The van der Waals surface area contributed by atoms with E-state index in [9.17, 15) is 4.79 Å². The highest BCUT2D eigenvalue weighted by Crippen LogP contribution is 2.15. The maximum Gasteiger partial charge on any atom is 0.320 e. The Labute approximate surface area is 89.6 Å². The smallest absolute Gasteiger partial charge is 0.320 e. The first-order valence-corrected chi connectivity index (χ1v) is 5.34. The zero-order valence-electron chi connectivity index (χ0n) is 9.06. The Kier molecular flexibility index (Phi) is 5.01. The van der Waals surface area contributed by atoms with Crippen molar-refractivity contribution in [3.8, 4) is 0 Å². The molecule has 0 aromatic carbocycles. The van der Waals surface area contributed by atoms with Crippen LogP contribution in [-0.4, -0.2) is 59.5 Å². The van der Waals surface area contributed by atoms with E-state index in [-0.39, 0.29) is 12.7 Å². The van der Waals surface area contributed by atoms with Gasteiger partial charge in [0.05, 0.1) is 19.3 Å². The van der Waals surface area contributed by atoms with Crippen LogP contribution in [0.1, 0.15) is 19.8 Å². The van der Waals surface area contributed by atoms with Crippen LogP contribution in [0.4, 0.5) is 0 Å². The molecule has 0 amide bonds. The van der Waals surface area contributed by atoms with E-state index in [4.69, 9.17) is 14.9 Å². The molecule has 15 heavy (non-hydrogen) atoms. The van der Waals surface area contributed by atoms with E-state index in [0.29, 0.717) is 6.61 Å². The SMILES string of the molecule is CC(C(=O)O)N1CCC(OCCO)CC1. The van der Waals surface area contributed by atoms with Gasteiger partial charge in [0.25, 0.3) is 0 Å². The quantitative estimate of drug-likeness (QED) is 0.674. The Morgan fingerprint density at radius 1 is 1.53 bits per heavy atom. The van der Waals surface area contributed by atoms with Crippen molar-refractivity contribution in [2.45, 2.75) is 31.9 Å². The first-order chi connectivity index (χ1) is 7.15. The summed E-state index contributed by atoms with van der Waals surface area (Å²) >= 11 is 0. The number of aliphatic hydroxyl groups is 1. The van der Waals surface area contributed by atoms with Gasteiger partial charge in [0.2, 0.25) is 0 Å². The van der Waals surface area contributed by atoms with Crippen LogP contribution in [0, 0.1) is 0 Å². The molecule has 0 saturated carbocycles. The Bertz CT molecular complexity index is 202. The molecule has 1 fully saturated rings. The summed E-state index contributed by atoms with van der Waals surface area (Å²) in [5, 5.41) is 17.4. The van der Waals surface area contributed by atoms with E-state index in [1.807, 2.05) is 4.90 Å². The number of aliphatic hydroxyl groups excluding tert-OH is 1. The normalized spacial score (nSPS) is 21.5. The van der Waals surface area contributed by atoms with Crippen LogP contribution in [0.15, 0.2) is 0 Å². The molecule has 0 aromatic heterocycles. The third kappa shape index (κ3) is 3.77. The lowest BCUT2D eigenvalue weighted by Crippen LogP contribution is -2.45. The second-order valence-corrected chi connectivity index (χ2v) is 3.84. The van der Waals surface area contributed by atoms with E-state index in [2.05, 4.69) is 0 Å². The number of ether oxygens (including phenoxy) is 1. The lowest BCUT2D eigenvalue weighted by Gasteiger charge is -2.33. The van der Waals surface area contributed by atoms with Gasteiger partial charge in [-0.15, -0.1) is 0 Å². The molecule has 1 aliphatic heterocycles. The van der Waals surface area contributed by atoms with Gasteiger partial charge in [-0.3, -0.25) is 9.69 Å². The molecule has 0 spiro atoms. The number of nitrogens with zero attached hydrogens (tertiary/aromatic N) is 1. The molecular formula is C10H19NO4. The molecular weight excluding hydrogens is 198 g/mol. The highest BCUT2D eigenvalue weighted by Gasteiger charge is 2.26. The number of hydrogen-bond acceptors (Lipinski definition) is 4. The van der Waals surface area contributed by atoms with Crippen molar-refractivity contribution >= 4 is 5.97 Å². The Hall–Kier alpha value is -0.650. The molecule has 5 heteroatoms. The van der Waals surface area contributed by atoms with Crippen LogP contribution in [0.5, 0.6) is 0 Å². The van der Waals surface area contributed by atoms with Gasteiger partial charge in [-0.1, -0.05) is 0 Å². The number of carboxylic acid groups (broad SMARTS) is 1. The molecule has 1 saturated heterocycles.